The van der Waals surface area contributed by atoms with Gasteiger partial charge in [0, 0.05) is 12.1 Å². The van der Waals surface area contributed by atoms with Crippen molar-refractivity contribution < 1.29 is 9.34 Å². The SMILES string of the molecule is Cc1ccc(C=Nc2ccc([N+](=O)[O-])cc2C)o1. The molecule has 5 heteroatoms. The predicted octanol–water partition coefficient (Wildman–Crippen LogP) is 3.56. The van der Waals surface area contributed by atoms with Crippen LogP contribution in [0.5, 0.6) is 0 Å². The molecule has 18 heavy (non-hydrogen) atoms. The first-order valence-electron chi connectivity index (χ1n) is 5.42. The van der Waals surface area contributed by atoms with Gasteiger partial charge in [-0.2, -0.15) is 0 Å². The lowest BCUT2D eigenvalue weighted by Crippen LogP contribution is -1.88. The Labute approximate surface area is 104 Å². The molecular formula is C13H12N2O3. The lowest BCUT2D eigenvalue weighted by atomic mass is 10.2. The number of hydrogen-bond donors (Lipinski definition) is 0. The van der Waals surface area contributed by atoms with Crippen LogP contribution in [0.3, 0.4) is 0 Å². The van der Waals surface area contributed by atoms with Crippen LogP contribution in [0.4, 0.5) is 11.4 Å². The molecule has 0 atom stereocenters. The number of benzene rings is 1. The largest absolute Gasteiger partial charge is 0.460 e. The number of furan rings is 1. The van der Waals surface area contributed by atoms with Gasteiger partial charge in [-0.15, -0.1) is 0 Å². The number of rotatable bonds is 3. The summed E-state index contributed by atoms with van der Waals surface area (Å²) in [4.78, 5) is 14.4. The van der Waals surface area contributed by atoms with Crippen LogP contribution in [-0.2, 0) is 0 Å². The van der Waals surface area contributed by atoms with Crippen molar-refractivity contribution in [1.29, 1.82) is 0 Å². The number of nitrogens with zero attached hydrogens (tertiary/aromatic N) is 2. The first kappa shape index (κ1) is 12.0. The van der Waals surface area contributed by atoms with Crippen LogP contribution in [0.1, 0.15) is 17.1 Å². The van der Waals surface area contributed by atoms with Crippen LogP contribution < -0.4 is 0 Å². The second kappa shape index (κ2) is 4.83. The number of non-ortho nitro benzene ring substituents is 1. The zero-order valence-corrected chi connectivity index (χ0v) is 10.1. The lowest BCUT2D eigenvalue weighted by Gasteiger charge is -1.98. The van der Waals surface area contributed by atoms with E-state index < -0.39 is 4.92 Å². The van der Waals surface area contributed by atoms with Crippen molar-refractivity contribution >= 4 is 17.6 Å². The molecule has 0 radical (unpaired) electrons. The van der Waals surface area contributed by atoms with Crippen molar-refractivity contribution in [3.05, 3.63) is 57.5 Å². The highest BCUT2D eigenvalue weighted by molar-refractivity contribution is 5.79. The maximum absolute atomic E-state index is 10.6. The first-order valence-corrected chi connectivity index (χ1v) is 5.42. The molecule has 0 bridgehead atoms. The lowest BCUT2D eigenvalue weighted by molar-refractivity contribution is -0.384. The van der Waals surface area contributed by atoms with Gasteiger partial charge in [-0.05, 0) is 37.6 Å². The van der Waals surface area contributed by atoms with Crippen molar-refractivity contribution in [2.24, 2.45) is 4.99 Å². The van der Waals surface area contributed by atoms with Crippen molar-refractivity contribution in [2.45, 2.75) is 13.8 Å². The normalized spacial score (nSPS) is 11.0. The minimum atomic E-state index is -0.420. The van der Waals surface area contributed by atoms with Gasteiger partial charge in [-0.1, -0.05) is 0 Å². The van der Waals surface area contributed by atoms with Crippen LogP contribution >= 0.6 is 0 Å². The number of nitro groups is 1. The summed E-state index contributed by atoms with van der Waals surface area (Å²) >= 11 is 0. The summed E-state index contributed by atoms with van der Waals surface area (Å²) in [6.07, 6.45) is 1.60. The third kappa shape index (κ3) is 2.63. The molecule has 0 unspecified atom stereocenters. The van der Waals surface area contributed by atoms with E-state index in [1.165, 1.54) is 12.1 Å². The average molecular weight is 244 g/mol. The van der Waals surface area contributed by atoms with Gasteiger partial charge in [0.1, 0.15) is 11.5 Å². The molecule has 1 heterocycles. The molecule has 0 saturated carbocycles. The second-order valence-electron chi connectivity index (χ2n) is 3.93. The van der Waals surface area contributed by atoms with E-state index >= 15 is 0 Å². The van der Waals surface area contributed by atoms with Crippen LogP contribution in [0, 0.1) is 24.0 Å². The highest BCUT2D eigenvalue weighted by atomic mass is 16.6. The molecule has 0 spiro atoms. The van der Waals surface area contributed by atoms with E-state index in [9.17, 15) is 10.1 Å². The Morgan fingerprint density at radius 2 is 2.06 bits per heavy atom. The Morgan fingerprint density at radius 3 is 2.61 bits per heavy atom. The van der Waals surface area contributed by atoms with E-state index in [0.717, 1.165) is 11.3 Å². The fourth-order valence-electron chi connectivity index (χ4n) is 1.55. The van der Waals surface area contributed by atoms with Gasteiger partial charge in [0.15, 0.2) is 0 Å². The monoisotopic (exact) mass is 244 g/mol. The van der Waals surface area contributed by atoms with E-state index in [-0.39, 0.29) is 5.69 Å². The van der Waals surface area contributed by atoms with E-state index in [4.69, 9.17) is 4.42 Å². The molecule has 2 aromatic rings. The van der Waals surface area contributed by atoms with Gasteiger partial charge in [0.05, 0.1) is 16.8 Å². The fourth-order valence-corrected chi connectivity index (χ4v) is 1.55. The number of hydrogen-bond acceptors (Lipinski definition) is 4. The molecule has 92 valence electrons. The molecule has 0 aliphatic rings. The molecule has 1 aromatic carbocycles. The third-order valence-electron chi connectivity index (χ3n) is 2.48. The summed E-state index contributed by atoms with van der Waals surface area (Å²) in [5.74, 6) is 1.47. The van der Waals surface area contributed by atoms with Gasteiger partial charge in [0.2, 0.25) is 0 Å². The fraction of sp³-hybridized carbons (Fsp3) is 0.154. The van der Waals surface area contributed by atoms with Gasteiger partial charge in [0.25, 0.3) is 5.69 Å². The summed E-state index contributed by atoms with van der Waals surface area (Å²) in [5.41, 5.74) is 1.51. The topological polar surface area (TPSA) is 68.6 Å². The van der Waals surface area contributed by atoms with Gasteiger partial charge in [-0.25, -0.2) is 0 Å². The van der Waals surface area contributed by atoms with Crippen molar-refractivity contribution in [2.75, 3.05) is 0 Å². The Hall–Kier alpha value is -2.43. The zero-order chi connectivity index (χ0) is 13.1. The third-order valence-corrected chi connectivity index (χ3v) is 2.48. The summed E-state index contributed by atoms with van der Waals surface area (Å²) < 4.78 is 5.35. The van der Waals surface area contributed by atoms with Crippen molar-refractivity contribution in [3.8, 4) is 0 Å². The number of aliphatic imine (C=N–C) groups is 1. The summed E-state index contributed by atoms with van der Waals surface area (Å²) in [7, 11) is 0. The van der Waals surface area contributed by atoms with Crippen LogP contribution in [0.25, 0.3) is 0 Å². The molecule has 0 amide bonds. The minimum absolute atomic E-state index is 0.0697. The number of nitro benzene ring substituents is 1. The highest BCUT2D eigenvalue weighted by Crippen LogP contribution is 2.23. The zero-order valence-electron chi connectivity index (χ0n) is 10.1. The Bertz CT molecular complexity index is 614. The van der Waals surface area contributed by atoms with E-state index in [2.05, 4.69) is 4.99 Å². The van der Waals surface area contributed by atoms with Crippen molar-refractivity contribution in [1.82, 2.24) is 0 Å². The molecule has 0 N–H and O–H groups in total. The molecule has 0 fully saturated rings. The number of aryl methyl sites for hydroxylation is 2. The van der Waals surface area contributed by atoms with Gasteiger partial charge < -0.3 is 4.42 Å². The quantitative estimate of drug-likeness (QED) is 0.471. The van der Waals surface area contributed by atoms with Gasteiger partial charge in [-0.3, -0.25) is 15.1 Å². The second-order valence-corrected chi connectivity index (χ2v) is 3.93. The predicted molar refractivity (Wildman–Crippen MR) is 68.5 cm³/mol. The van der Waals surface area contributed by atoms with E-state index in [1.54, 1.807) is 19.2 Å². The van der Waals surface area contributed by atoms with E-state index in [1.807, 2.05) is 19.1 Å². The summed E-state index contributed by atoms with van der Waals surface area (Å²) in [6.45, 7) is 3.64. The Kier molecular flexibility index (Phi) is 3.23. The summed E-state index contributed by atoms with van der Waals surface area (Å²) in [6, 6.07) is 8.23. The Balaban J connectivity index is 2.24. The first-order chi connectivity index (χ1) is 8.56. The molecule has 0 aliphatic heterocycles. The van der Waals surface area contributed by atoms with Crippen LogP contribution in [0.15, 0.2) is 39.7 Å². The molecule has 0 aliphatic carbocycles. The highest BCUT2D eigenvalue weighted by Gasteiger charge is 2.07. The molecular weight excluding hydrogens is 232 g/mol. The van der Waals surface area contributed by atoms with Crippen molar-refractivity contribution in [3.63, 3.8) is 0 Å². The molecule has 2 rings (SSSR count). The minimum Gasteiger partial charge on any atom is -0.460 e. The van der Waals surface area contributed by atoms with Crippen LogP contribution in [0.2, 0.25) is 0 Å². The average Bonchev–Trinajstić information content (AvgIpc) is 2.73. The Morgan fingerprint density at radius 1 is 1.28 bits per heavy atom. The maximum Gasteiger partial charge on any atom is 0.269 e. The van der Waals surface area contributed by atoms with Crippen LogP contribution in [-0.4, -0.2) is 11.1 Å². The smallest absolute Gasteiger partial charge is 0.269 e. The van der Waals surface area contributed by atoms with Gasteiger partial charge >= 0.3 is 0 Å². The summed E-state index contributed by atoms with van der Waals surface area (Å²) in [5, 5.41) is 10.6. The standard InChI is InChI=1S/C13H12N2O3/c1-9-7-11(15(16)17)4-6-13(9)14-8-12-5-3-10(2)18-12/h3-8H,1-2H3. The molecule has 5 nitrogen and oxygen atoms in total. The molecule has 0 saturated heterocycles. The van der Waals surface area contributed by atoms with E-state index in [0.29, 0.717) is 11.4 Å². The molecule has 1 aromatic heterocycles. The maximum atomic E-state index is 10.6.